The van der Waals surface area contributed by atoms with Crippen LogP contribution in [0.4, 0.5) is 0 Å². The van der Waals surface area contributed by atoms with Gasteiger partial charge in [-0.1, -0.05) is 25.1 Å². The first-order valence-corrected chi connectivity index (χ1v) is 11.5. The molecule has 0 radical (unpaired) electrons. The van der Waals surface area contributed by atoms with E-state index in [2.05, 4.69) is 4.90 Å². The lowest BCUT2D eigenvalue weighted by molar-refractivity contribution is 0.244. The van der Waals surface area contributed by atoms with Gasteiger partial charge in [0.15, 0.2) is 11.5 Å². The number of rotatable bonds is 9. The predicted octanol–water partition coefficient (Wildman–Crippen LogP) is 4.09. The van der Waals surface area contributed by atoms with Gasteiger partial charge in [0.25, 0.3) is 5.56 Å². The summed E-state index contributed by atoms with van der Waals surface area (Å²) in [6.07, 6.45) is 0.826. The van der Waals surface area contributed by atoms with E-state index in [1.165, 1.54) is 0 Å². The molecule has 0 fully saturated rings. The maximum atomic E-state index is 13.1. The summed E-state index contributed by atoms with van der Waals surface area (Å²) < 4.78 is 17.0. The lowest BCUT2D eigenvalue weighted by atomic mass is 10.2. The van der Waals surface area contributed by atoms with Crippen LogP contribution in [0.25, 0.3) is 16.7 Å². The minimum atomic E-state index is -0.0399. The lowest BCUT2D eigenvalue weighted by Gasteiger charge is -2.17. The van der Waals surface area contributed by atoms with E-state index in [-0.39, 0.29) is 5.56 Å². The Bertz CT molecular complexity index is 1410. The summed E-state index contributed by atoms with van der Waals surface area (Å²) in [7, 11) is 3.65. The topological polar surface area (TPSA) is 65.9 Å². The highest BCUT2D eigenvalue weighted by Gasteiger charge is 2.16. The number of hydrogen-bond acceptors (Lipinski definition) is 6. The average Bonchev–Trinajstić information content (AvgIpc) is 3.13. The van der Waals surface area contributed by atoms with Gasteiger partial charge < -0.3 is 9.47 Å². The molecule has 0 aliphatic heterocycles. The summed E-state index contributed by atoms with van der Waals surface area (Å²) in [5.74, 6) is 2.01. The third-order valence-corrected chi connectivity index (χ3v) is 5.88. The molecule has 8 nitrogen and oxygen atoms in total. The summed E-state index contributed by atoms with van der Waals surface area (Å²) in [5, 5.41) is 5.39. The van der Waals surface area contributed by atoms with Crippen LogP contribution < -0.4 is 15.0 Å². The molecule has 0 saturated heterocycles. The fourth-order valence-corrected chi connectivity index (χ4v) is 4.34. The summed E-state index contributed by atoms with van der Waals surface area (Å²) >= 11 is 5.80. The van der Waals surface area contributed by atoms with Crippen LogP contribution in [0.3, 0.4) is 0 Å². The van der Waals surface area contributed by atoms with Gasteiger partial charge >= 0.3 is 0 Å². The zero-order valence-corrected chi connectivity index (χ0v) is 20.3. The Kier molecular flexibility index (Phi) is 6.80. The number of nitrogens with zero attached hydrogens (tertiary/aromatic N) is 5. The van der Waals surface area contributed by atoms with Gasteiger partial charge in [0.1, 0.15) is 0 Å². The minimum absolute atomic E-state index is 0.0399. The standard InChI is InChI=1S/C24H29N5O3S/c1-5-13-27-22(30)18-9-7-8-10-19(18)29-23(27)25-28(24(29)33)16-26(3)15-17-11-12-20(32-6-2)21(14-17)31-4/h7-12,14H,5-6,13,15-16H2,1-4H3. The highest BCUT2D eigenvalue weighted by Crippen LogP contribution is 2.28. The number of methoxy groups -OCH3 is 1. The molecule has 2 aromatic heterocycles. The molecular weight excluding hydrogens is 438 g/mol. The van der Waals surface area contributed by atoms with Crippen LogP contribution in [0, 0.1) is 4.77 Å². The largest absolute Gasteiger partial charge is 0.493 e. The fraction of sp³-hybridized carbons (Fsp3) is 0.375. The van der Waals surface area contributed by atoms with Gasteiger partial charge in [0.2, 0.25) is 10.5 Å². The van der Waals surface area contributed by atoms with Crippen molar-refractivity contribution < 1.29 is 9.47 Å². The molecule has 0 spiro atoms. The molecule has 0 amide bonds. The smallest absolute Gasteiger partial charge is 0.262 e. The van der Waals surface area contributed by atoms with E-state index in [0.717, 1.165) is 23.3 Å². The molecule has 33 heavy (non-hydrogen) atoms. The van der Waals surface area contributed by atoms with Gasteiger partial charge in [0, 0.05) is 13.1 Å². The number of fused-ring (bicyclic) bond motifs is 3. The summed E-state index contributed by atoms with van der Waals surface area (Å²) in [5.41, 5.74) is 1.82. The lowest BCUT2D eigenvalue weighted by Crippen LogP contribution is -2.23. The van der Waals surface area contributed by atoms with Crippen LogP contribution in [0.5, 0.6) is 11.5 Å². The van der Waals surface area contributed by atoms with Crippen molar-refractivity contribution in [3.8, 4) is 11.5 Å². The van der Waals surface area contributed by atoms with Gasteiger partial charge in [0.05, 0.1) is 31.3 Å². The van der Waals surface area contributed by atoms with Gasteiger partial charge in [-0.05, 0) is 62.4 Å². The number of aryl methyl sites for hydroxylation is 1. The monoisotopic (exact) mass is 467 g/mol. The van der Waals surface area contributed by atoms with Gasteiger partial charge in [-0.2, -0.15) is 0 Å². The Morgan fingerprint density at radius 2 is 1.91 bits per heavy atom. The number of aromatic nitrogens is 4. The normalized spacial score (nSPS) is 11.5. The Labute approximate surface area is 197 Å². The van der Waals surface area contributed by atoms with E-state index >= 15 is 0 Å². The molecule has 0 atom stereocenters. The molecule has 4 aromatic rings. The first-order valence-electron chi connectivity index (χ1n) is 11.1. The first kappa shape index (κ1) is 23.0. The molecule has 0 aliphatic carbocycles. The second kappa shape index (κ2) is 9.76. The Hall–Kier alpha value is -3.17. The van der Waals surface area contributed by atoms with Crippen molar-refractivity contribution in [1.29, 1.82) is 0 Å². The molecule has 9 heteroatoms. The number of para-hydroxylation sites is 1. The molecule has 0 bridgehead atoms. The highest BCUT2D eigenvalue weighted by atomic mass is 32.1. The Morgan fingerprint density at radius 1 is 1.12 bits per heavy atom. The Morgan fingerprint density at radius 3 is 2.64 bits per heavy atom. The molecule has 2 aromatic carbocycles. The van der Waals surface area contributed by atoms with Crippen molar-refractivity contribution in [2.24, 2.45) is 0 Å². The van der Waals surface area contributed by atoms with Crippen molar-refractivity contribution in [2.75, 3.05) is 20.8 Å². The number of ether oxygens (including phenoxy) is 2. The van der Waals surface area contributed by atoms with E-state index < -0.39 is 0 Å². The van der Waals surface area contributed by atoms with Gasteiger partial charge in [-0.15, -0.1) is 5.10 Å². The Balaban J connectivity index is 1.69. The fourth-order valence-electron chi connectivity index (χ4n) is 4.06. The molecule has 0 N–H and O–H groups in total. The van der Waals surface area contributed by atoms with Crippen molar-refractivity contribution in [3.63, 3.8) is 0 Å². The molecular formula is C24H29N5O3S. The van der Waals surface area contributed by atoms with E-state index in [1.807, 2.05) is 67.8 Å². The molecule has 0 aliphatic rings. The molecule has 4 rings (SSSR count). The minimum Gasteiger partial charge on any atom is -0.493 e. The van der Waals surface area contributed by atoms with Crippen LogP contribution in [0.2, 0.25) is 0 Å². The van der Waals surface area contributed by atoms with E-state index in [9.17, 15) is 4.79 Å². The van der Waals surface area contributed by atoms with E-state index in [0.29, 0.717) is 48.0 Å². The predicted molar refractivity (Wildman–Crippen MR) is 132 cm³/mol. The first-order chi connectivity index (χ1) is 16.0. The second-order valence-electron chi connectivity index (χ2n) is 7.97. The molecule has 2 heterocycles. The van der Waals surface area contributed by atoms with Crippen molar-refractivity contribution in [2.45, 2.75) is 40.0 Å². The average molecular weight is 468 g/mol. The third kappa shape index (κ3) is 4.38. The second-order valence-corrected chi connectivity index (χ2v) is 8.33. The van der Waals surface area contributed by atoms with Gasteiger partial charge in [-0.3, -0.25) is 18.7 Å². The van der Waals surface area contributed by atoms with Crippen molar-refractivity contribution >= 4 is 28.9 Å². The SMILES string of the molecule is CCCn1c(=O)c2ccccc2n2c(=S)n(CN(C)Cc3ccc(OCC)c(OC)c3)nc12. The zero-order chi connectivity index (χ0) is 23.5. The van der Waals surface area contributed by atoms with Crippen LogP contribution in [-0.4, -0.2) is 44.4 Å². The van der Waals surface area contributed by atoms with Crippen LogP contribution >= 0.6 is 12.2 Å². The number of benzene rings is 2. The van der Waals surface area contributed by atoms with Crippen LogP contribution in [0.1, 0.15) is 25.8 Å². The number of hydrogen-bond donors (Lipinski definition) is 0. The molecule has 0 saturated carbocycles. The maximum absolute atomic E-state index is 13.1. The quantitative estimate of drug-likeness (QED) is 0.346. The van der Waals surface area contributed by atoms with Gasteiger partial charge in [-0.25, -0.2) is 4.68 Å². The zero-order valence-electron chi connectivity index (χ0n) is 19.4. The summed E-state index contributed by atoms with van der Waals surface area (Å²) in [4.78, 5) is 15.2. The van der Waals surface area contributed by atoms with E-state index in [1.54, 1.807) is 16.4 Å². The highest BCUT2D eigenvalue weighted by molar-refractivity contribution is 7.71. The van der Waals surface area contributed by atoms with Crippen molar-refractivity contribution in [1.82, 2.24) is 23.6 Å². The maximum Gasteiger partial charge on any atom is 0.262 e. The third-order valence-electron chi connectivity index (χ3n) is 5.49. The summed E-state index contributed by atoms with van der Waals surface area (Å²) in [6, 6.07) is 13.5. The van der Waals surface area contributed by atoms with Crippen LogP contribution in [-0.2, 0) is 19.8 Å². The van der Waals surface area contributed by atoms with Crippen LogP contribution in [0.15, 0.2) is 47.3 Å². The molecule has 174 valence electrons. The molecule has 0 unspecified atom stereocenters. The van der Waals surface area contributed by atoms with Crippen molar-refractivity contribution in [3.05, 3.63) is 63.2 Å². The summed E-state index contributed by atoms with van der Waals surface area (Å²) in [6.45, 7) is 6.30. The van der Waals surface area contributed by atoms with E-state index in [4.69, 9.17) is 26.8 Å².